The molecule has 0 saturated heterocycles. The van der Waals surface area contributed by atoms with Gasteiger partial charge in [-0.15, -0.1) is 0 Å². The highest BCUT2D eigenvalue weighted by Gasteiger charge is 2.41. The molecule has 1 rings (SSSR count). The Bertz CT molecular complexity index is 282. The Labute approximate surface area is 103 Å². The fraction of sp³-hybridized carbons (Fsp3) is 0.833. The zero-order valence-electron chi connectivity index (χ0n) is 10.4. The van der Waals surface area contributed by atoms with Crippen LogP contribution in [0.5, 0.6) is 0 Å². The second-order valence-electron chi connectivity index (χ2n) is 4.60. The molecule has 0 heterocycles. The van der Waals surface area contributed by atoms with E-state index in [0.717, 1.165) is 19.4 Å². The Hall–Kier alpha value is -1.12. The second-order valence-corrected chi connectivity index (χ2v) is 4.60. The van der Waals surface area contributed by atoms with Crippen molar-refractivity contribution in [3.63, 3.8) is 0 Å². The molecule has 5 heteroatoms. The van der Waals surface area contributed by atoms with Crippen LogP contribution in [-0.2, 0) is 9.53 Å². The summed E-state index contributed by atoms with van der Waals surface area (Å²) < 4.78 is 4.84. The molecule has 0 aliphatic heterocycles. The van der Waals surface area contributed by atoms with Crippen LogP contribution in [0.3, 0.4) is 0 Å². The lowest BCUT2D eigenvalue weighted by molar-refractivity contribution is -0.121. The molecular formula is C12H21N3O2. The monoisotopic (exact) mass is 239 g/mol. The van der Waals surface area contributed by atoms with Gasteiger partial charge in [-0.3, -0.25) is 4.79 Å². The van der Waals surface area contributed by atoms with E-state index >= 15 is 0 Å². The molecular weight excluding hydrogens is 218 g/mol. The maximum atomic E-state index is 11.3. The normalized spacial score (nSPS) is 16.2. The third-order valence-electron chi connectivity index (χ3n) is 3.07. The molecule has 1 fully saturated rings. The standard InChI is InChI=1S/C12H21N3O2/c1-17-9-8-15-11(16)2-7-14-10-12(3-4-12)5-6-13/h14H,2-5,7-10H2,1H3,(H,15,16). The minimum Gasteiger partial charge on any atom is -0.383 e. The van der Waals surface area contributed by atoms with E-state index < -0.39 is 0 Å². The first-order valence-corrected chi connectivity index (χ1v) is 6.06. The molecule has 1 aliphatic carbocycles. The van der Waals surface area contributed by atoms with E-state index in [1.54, 1.807) is 7.11 Å². The Morgan fingerprint density at radius 1 is 1.47 bits per heavy atom. The van der Waals surface area contributed by atoms with Crippen LogP contribution in [0.25, 0.3) is 0 Å². The van der Waals surface area contributed by atoms with Crippen molar-refractivity contribution in [3.8, 4) is 6.07 Å². The maximum Gasteiger partial charge on any atom is 0.221 e. The van der Waals surface area contributed by atoms with Crippen LogP contribution in [0, 0.1) is 16.7 Å². The Kier molecular flexibility index (Phi) is 5.95. The van der Waals surface area contributed by atoms with Gasteiger partial charge in [0.05, 0.1) is 12.7 Å². The number of ether oxygens (including phenoxy) is 1. The predicted molar refractivity (Wildman–Crippen MR) is 64.3 cm³/mol. The smallest absolute Gasteiger partial charge is 0.221 e. The third-order valence-corrected chi connectivity index (χ3v) is 3.07. The van der Waals surface area contributed by atoms with Gasteiger partial charge in [-0.05, 0) is 18.3 Å². The topological polar surface area (TPSA) is 74.2 Å². The quantitative estimate of drug-likeness (QED) is 0.572. The minimum absolute atomic E-state index is 0.0414. The summed E-state index contributed by atoms with van der Waals surface area (Å²) in [6.45, 7) is 2.63. The second kappa shape index (κ2) is 7.25. The summed E-state index contributed by atoms with van der Waals surface area (Å²) in [5, 5.41) is 14.7. The number of rotatable bonds is 9. The number of hydrogen-bond acceptors (Lipinski definition) is 4. The molecule has 17 heavy (non-hydrogen) atoms. The maximum absolute atomic E-state index is 11.3. The molecule has 0 unspecified atom stereocenters. The van der Waals surface area contributed by atoms with Gasteiger partial charge in [-0.1, -0.05) is 0 Å². The van der Waals surface area contributed by atoms with Gasteiger partial charge in [-0.25, -0.2) is 0 Å². The number of nitrogens with one attached hydrogen (secondary N) is 2. The van der Waals surface area contributed by atoms with Crippen molar-refractivity contribution in [2.24, 2.45) is 5.41 Å². The van der Waals surface area contributed by atoms with Crippen molar-refractivity contribution in [1.82, 2.24) is 10.6 Å². The van der Waals surface area contributed by atoms with Crippen molar-refractivity contribution in [3.05, 3.63) is 0 Å². The molecule has 0 radical (unpaired) electrons. The van der Waals surface area contributed by atoms with Crippen molar-refractivity contribution < 1.29 is 9.53 Å². The lowest BCUT2D eigenvalue weighted by Crippen LogP contribution is -2.32. The van der Waals surface area contributed by atoms with E-state index in [0.29, 0.717) is 32.5 Å². The summed E-state index contributed by atoms with van der Waals surface area (Å²) in [5.74, 6) is 0.0414. The van der Waals surface area contributed by atoms with Crippen molar-refractivity contribution in [2.75, 3.05) is 33.4 Å². The summed E-state index contributed by atoms with van der Waals surface area (Å²) in [7, 11) is 1.61. The van der Waals surface area contributed by atoms with Crippen LogP contribution < -0.4 is 10.6 Å². The number of nitriles is 1. The molecule has 0 spiro atoms. The van der Waals surface area contributed by atoms with Crippen LogP contribution in [0.2, 0.25) is 0 Å². The van der Waals surface area contributed by atoms with Gasteiger partial charge in [0.2, 0.25) is 5.91 Å². The highest BCUT2D eigenvalue weighted by Crippen LogP contribution is 2.47. The van der Waals surface area contributed by atoms with Gasteiger partial charge >= 0.3 is 0 Å². The van der Waals surface area contributed by atoms with Crippen molar-refractivity contribution in [1.29, 1.82) is 5.26 Å². The minimum atomic E-state index is 0.0414. The molecule has 5 nitrogen and oxygen atoms in total. The summed E-state index contributed by atoms with van der Waals surface area (Å²) >= 11 is 0. The lowest BCUT2D eigenvalue weighted by atomic mass is 10.0. The van der Waals surface area contributed by atoms with E-state index in [4.69, 9.17) is 10.00 Å². The molecule has 0 aromatic heterocycles. The lowest BCUT2D eigenvalue weighted by Gasteiger charge is -2.12. The van der Waals surface area contributed by atoms with E-state index in [-0.39, 0.29) is 11.3 Å². The Morgan fingerprint density at radius 3 is 2.82 bits per heavy atom. The van der Waals surface area contributed by atoms with E-state index in [1.165, 1.54) is 0 Å². The van der Waals surface area contributed by atoms with Crippen molar-refractivity contribution >= 4 is 5.91 Å². The summed E-state index contributed by atoms with van der Waals surface area (Å²) in [6.07, 6.45) is 3.37. The predicted octanol–water partition coefficient (Wildman–Crippen LogP) is 0.423. The first-order chi connectivity index (χ1) is 8.22. The number of amides is 1. The Balaban J connectivity index is 1.97. The zero-order valence-corrected chi connectivity index (χ0v) is 10.4. The average Bonchev–Trinajstić information content (AvgIpc) is 3.06. The van der Waals surface area contributed by atoms with Crippen LogP contribution in [0.1, 0.15) is 25.7 Å². The Morgan fingerprint density at radius 2 is 2.24 bits per heavy atom. The van der Waals surface area contributed by atoms with Crippen LogP contribution in [0.15, 0.2) is 0 Å². The highest BCUT2D eigenvalue weighted by molar-refractivity contribution is 5.75. The largest absolute Gasteiger partial charge is 0.383 e. The van der Waals surface area contributed by atoms with Gasteiger partial charge in [0, 0.05) is 39.6 Å². The van der Waals surface area contributed by atoms with Gasteiger partial charge in [0.15, 0.2) is 0 Å². The molecule has 1 aliphatic rings. The molecule has 0 aromatic carbocycles. The average molecular weight is 239 g/mol. The number of hydrogen-bond donors (Lipinski definition) is 2. The molecule has 96 valence electrons. The fourth-order valence-electron chi connectivity index (χ4n) is 1.70. The van der Waals surface area contributed by atoms with E-state index in [2.05, 4.69) is 16.7 Å². The fourth-order valence-corrected chi connectivity index (χ4v) is 1.70. The highest BCUT2D eigenvalue weighted by atomic mass is 16.5. The first kappa shape index (κ1) is 13.9. The van der Waals surface area contributed by atoms with Crippen LogP contribution in [-0.4, -0.2) is 39.3 Å². The van der Waals surface area contributed by atoms with E-state index in [1.807, 2.05) is 0 Å². The molecule has 0 bridgehead atoms. The first-order valence-electron chi connectivity index (χ1n) is 6.06. The number of methoxy groups -OCH3 is 1. The molecule has 1 amide bonds. The summed E-state index contributed by atoms with van der Waals surface area (Å²) in [5.41, 5.74) is 0.210. The van der Waals surface area contributed by atoms with Gasteiger partial charge in [0.1, 0.15) is 0 Å². The third kappa shape index (κ3) is 5.66. The van der Waals surface area contributed by atoms with E-state index in [9.17, 15) is 4.79 Å². The number of nitrogens with zero attached hydrogens (tertiary/aromatic N) is 1. The van der Waals surface area contributed by atoms with Gasteiger partial charge in [-0.2, -0.15) is 5.26 Å². The molecule has 1 saturated carbocycles. The van der Waals surface area contributed by atoms with Crippen LogP contribution >= 0.6 is 0 Å². The number of carbonyl (C=O) groups is 1. The molecule has 2 N–H and O–H groups in total. The SMILES string of the molecule is COCCNC(=O)CCNCC1(CC#N)CC1. The molecule has 0 aromatic rings. The summed E-state index contributed by atoms with van der Waals surface area (Å²) in [4.78, 5) is 11.3. The molecule has 0 atom stereocenters. The van der Waals surface area contributed by atoms with Crippen molar-refractivity contribution in [2.45, 2.75) is 25.7 Å². The number of carbonyl (C=O) groups excluding carboxylic acids is 1. The summed E-state index contributed by atoms with van der Waals surface area (Å²) in [6, 6.07) is 2.22. The zero-order chi connectivity index (χ0) is 12.6. The van der Waals surface area contributed by atoms with Gasteiger partial charge < -0.3 is 15.4 Å². The van der Waals surface area contributed by atoms with Crippen LogP contribution in [0.4, 0.5) is 0 Å². The van der Waals surface area contributed by atoms with Gasteiger partial charge in [0.25, 0.3) is 0 Å².